The standard InChI is InChI=1S/C28H24ClN5O/c29-23-14-10-19(11-15-23)4-3-7-27(35)21-12-8-20(9-13-21)16-26-25-6-2-1-5-24(25)22(18-30-26)17-28-31-33-34-32-28/h1-2,5-6,8-15,18H,3-4,7,16-17H2,(H,31,32,33,34). The molecule has 1 N–H and O–H groups in total. The zero-order chi connectivity index (χ0) is 24.0. The van der Waals surface area contributed by atoms with Crippen molar-refractivity contribution in [1.29, 1.82) is 0 Å². The van der Waals surface area contributed by atoms with Crippen LogP contribution >= 0.6 is 11.6 Å². The van der Waals surface area contributed by atoms with Gasteiger partial charge in [0, 0.05) is 41.4 Å². The van der Waals surface area contributed by atoms with Crippen molar-refractivity contribution in [3.05, 3.63) is 118 Å². The van der Waals surface area contributed by atoms with E-state index in [4.69, 9.17) is 16.6 Å². The van der Waals surface area contributed by atoms with Crippen LogP contribution in [0.5, 0.6) is 0 Å². The molecule has 7 heteroatoms. The van der Waals surface area contributed by atoms with Crippen LogP contribution in [0.2, 0.25) is 5.02 Å². The third-order valence-corrected chi connectivity index (χ3v) is 6.38. The van der Waals surface area contributed by atoms with Crippen molar-refractivity contribution in [1.82, 2.24) is 25.6 Å². The van der Waals surface area contributed by atoms with Gasteiger partial charge in [0.15, 0.2) is 11.6 Å². The highest BCUT2D eigenvalue weighted by atomic mass is 35.5. The lowest BCUT2D eigenvalue weighted by Crippen LogP contribution is -2.02. The number of hydrogen-bond acceptors (Lipinski definition) is 5. The normalized spacial score (nSPS) is 11.1. The van der Waals surface area contributed by atoms with Crippen LogP contribution < -0.4 is 0 Å². The summed E-state index contributed by atoms with van der Waals surface area (Å²) in [5.41, 5.74) is 5.12. The summed E-state index contributed by atoms with van der Waals surface area (Å²) in [7, 11) is 0. The Morgan fingerprint density at radius 2 is 1.60 bits per heavy atom. The van der Waals surface area contributed by atoms with Crippen molar-refractivity contribution < 1.29 is 4.79 Å². The zero-order valence-electron chi connectivity index (χ0n) is 19.1. The Hall–Kier alpha value is -3.90. The fourth-order valence-corrected chi connectivity index (χ4v) is 4.40. The minimum absolute atomic E-state index is 0.167. The Labute approximate surface area is 208 Å². The molecule has 0 aliphatic carbocycles. The number of aryl methyl sites for hydroxylation is 1. The fourth-order valence-electron chi connectivity index (χ4n) is 4.27. The van der Waals surface area contributed by atoms with Gasteiger partial charge in [-0.2, -0.15) is 5.21 Å². The molecular formula is C28H24ClN5O. The molecule has 0 bridgehead atoms. The second-order valence-electron chi connectivity index (χ2n) is 8.56. The Bertz CT molecular complexity index is 1430. The van der Waals surface area contributed by atoms with E-state index < -0.39 is 0 Å². The molecule has 0 saturated carbocycles. The Morgan fingerprint density at radius 1 is 0.857 bits per heavy atom. The lowest BCUT2D eigenvalue weighted by atomic mass is 9.98. The number of ketones is 1. The fraction of sp³-hybridized carbons (Fsp3) is 0.179. The number of aromatic amines is 1. The summed E-state index contributed by atoms with van der Waals surface area (Å²) < 4.78 is 0. The van der Waals surface area contributed by atoms with Crippen LogP contribution in [0.25, 0.3) is 10.8 Å². The number of fused-ring (bicyclic) bond motifs is 1. The van der Waals surface area contributed by atoms with Gasteiger partial charge in [-0.25, -0.2) is 0 Å². The van der Waals surface area contributed by atoms with Crippen molar-refractivity contribution in [3.8, 4) is 0 Å². The minimum Gasteiger partial charge on any atom is -0.294 e. The monoisotopic (exact) mass is 481 g/mol. The molecule has 0 amide bonds. The van der Waals surface area contributed by atoms with E-state index >= 15 is 0 Å². The number of pyridine rings is 1. The molecule has 0 aliphatic rings. The lowest BCUT2D eigenvalue weighted by molar-refractivity contribution is 0.0980. The van der Waals surface area contributed by atoms with E-state index in [2.05, 4.69) is 32.8 Å². The lowest BCUT2D eigenvalue weighted by Gasteiger charge is -2.10. The Balaban J connectivity index is 1.25. The number of tetrazole rings is 1. The summed E-state index contributed by atoms with van der Waals surface area (Å²) >= 11 is 5.94. The number of halogens is 1. The summed E-state index contributed by atoms with van der Waals surface area (Å²) in [6.07, 6.45) is 5.35. The van der Waals surface area contributed by atoms with Gasteiger partial charge < -0.3 is 0 Å². The van der Waals surface area contributed by atoms with Gasteiger partial charge in [0.2, 0.25) is 0 Å². The second kappa shape index (κ2) is 10.6. The van der Waals surface area contributed by atoms with Crippen molar-refractivity contribution in [2.45, 2.75) is 32.1 Å². The van der Waals surface area contributed by atoms with Crippen LogP contribution in [0.1, 0.15) is 51.4 Å². The van der Waals surface area contributed by atoms with Gasteiger partial charge in [0.25, 0.3) is 0 Å². The largest absolute Gasteiger partial charge is 0.294 e. The first-order valence-corrected chi connectivity index (χ1v) is 12.0. The number of carbonyl (C=O) groups excluding carboxylic acids is 1. The van der Waals surface area contributed by atoms with E-state index in [0.717, 1.165) is 51.0 Å². The summed E-state index contributed by atoms with van der Waals surface area (Å²) in [6.45, 7) is 0. The first-order valence-electron chi connectivity index (χ1n) is 11.6. The van der Waals surface area contributed by atoms with Crippen LogP contribution in [-0.4, -0.2) is 31.4 Å². The number of nitrogens with zero attached hydrogens (tertiary/aromatic N) is 4. The maximum absolute atomic E-state index is 12.7. The van der Waals surface area contributed by atoms with Crippen molar-refractivity contribution in [2.75, 3.05) is 0 Å². The summed E-state index contributed by atoms with van der Waals surface area (Å²) in [5.74, 6) is 0.804. The van der Waals surface area contributed by atoms with E-state index in [9.17, 15) is 4.79 Å². The smallest absolute Gasteiger partial charge is 0.178 e. The molecule has 2 aromatic heterocycles. The summed E-state index contributed by atoms with van der Waals surface area (Å²) in [6, 6.07) is 23.9. The summed E-state index contributed by atoms with van der Waals surface area (Å²) in [4.78, 5) is 17.4. The van der Waals surface area contributed by atoms with Gasteiger partial charge >= 0.3 is 0 Å². The van der Waals surface area contributed by atoms with Crippen LogP contribution in [0, 0.1) is 0 Å². The van der Waals surface area contributed by atoms with E-state index in [-0.39, 0.29) is 5.78 Å². The number of H-pyrrole nitrogens is 1. The first-order chi connectivity index (χ1) is 17.2. The van der Waals surface area contributed by atoms with Crippen molar-refractivity contribution in [2.24, 2.45) is 0 Å². The molecule has 5 rings (SSSR count). The first kappa shape index (κ1) is 22.9. The topological polar surface area (TPSA) is 84.4 Å². The molecule has 0 fully saturated rings. The predicted octanol–water partition coefficient (Wildman–Crippen LogP) is 5.79. The average Bonchev–Trinajstić information content (AvgIpc) is 3.40. The molecule has 0 saturated heterocycles. The molecule has 3 aromatic carbocycles. The van der Waals surface area contributed by atoms with E-state index in [1.165, 1.54) is 5.56 Å². The molecule has 5 aromatic rings. The molecule has 0 radical (unpaired) electrons. The molecule has 174 valence electrons. The maximum atomic E-state index is 12.7. The Morgan fingerprint density at radius 3 is 2.34 bits per heavy atom. The molecule has 6 nitrogen and oxygen atoms in total. The van der Waals surface area contributed by atoms with Gasteiger partial charge in [-0.15, -0.1) is 10.2 Å². The quantitative estimate of drug-likeness (QED) is 0.269. The van der Waals surface area contributed by atoms with E-state index in [1.54, 1.807) is 0 Å². The third-order valence-electron chi connectivity index (χ3n) is 6.13. The van der Waals surface area contributed by atoms with E-state index in [0.29, 0.717) is 25.1 Å². The Kier molecular flexibility index (Phi) is 6.91. The van der Waals surface area contributed by atoms with Gasteiger partial charge in [0.1, 0.15) is 0 Å². The third kappa shape index (κ3) is 5.61. The predicted molar refractivity (Wildman–Crippen MR) is 137 cm³/mol. The van der Waals surface area contributed by atoms with Gasteiger partial charge in [-0.3, -0.25) is 9.78 Å². The number of rotatable bonds is 9. The van der Waals surface area contributed by atoms with Gasteiger partial charge in [-0.05, 0) is 47.1 Å². The van der Waals surface area contributed by atoms with Crippen LogP contribution in [0.15, 0.2) is 79.0 Å². The average molecular weight is 482 g/mol. The minimum atomic E-state index is 0.167. The molecule has 2 heterocycles. The van der Waals surface area contributed by atoms with Gasteiger partial charge in [0.05, 0.1) is 5.69 Å². The van der Waals surface area contributed by atoms with Gasteiger partial charge in [-0.1, -0.05) is 77.5 Å². The molecule has 0 unspecified atom stereocenters. The molecule has 0 atom stereocenters. The van der Waals surface area contributed by atoms with Crippen molar-refractivity contribution in [3.63, 3.8) is 0 Å². The molecule has 0 aliphatic heterocycles. The van der Waals surface area contributed by atoms with Crippen LogP contribution in [0.4, 0.5) is 0 Å². The number of nitrogens with one attached hydrogen (secondary N) is 1. The molecule has 35 heavy (non-hydrogen) atoms. The highest BCUT2D eigenvalue weighted by Gasteiger charge is 2.11. The number of carbonyl (C=O) groups is 1. The second-order valence-corrected chi connectivity index (χ2v) is 8.99. The van der Waals surface area contributed by atoms with Crippen molar-refractivity contribution >= 4 is 28.2 Å². The number of aromatic nitrogens is 5. The number of benzene rings is 3. The highest BCUT2D eigenvalue weighted by molar-refractivity contribution is 6.30. The molecular weight excluding hydrogens is 458 g/mol. The van der Waals surface area contributed by atoms with E-state index in [1.807, 2.05) is 66.9 Å². The zero-order valence-corrected chi connectivity index (χ0v) is 19.9. The van der Waals surface area contributed by atoms with Crippen LogP contribution in [-0.2, 0) is 19.3 Å². The van der Waals surface area contributed by atoms with Crippen LogP contribution in [0.3, 0.4) is 0 Å². The maximum Gasteiger partial charge on any atom is 0.178 e. The molecule has 0 spiro atoms. The SMILES string of the molecule is O=C(CCCc1ccc(Cl)cc1)c1ccc(Cc2ncc(Cc3nn[nH]n3)c3ccccc23)cc1. The number of Topliss-reactive ketones (excluding diaryl/α,β-unsaturated/α-hetero) is 1. The number of hydrogen-bond donors (Lipinski definition) is 1. The summed E-state index contributed by atoms with van der Waals surface area (Å²) in [5, 5.41) is 17.2. The highest BCUT2D eigenvalue weighted by Crippen LogP contribution is 2.24.